The summed E-state index contributed by atoms with van der Waals surface area (Å²) in [6.45, 7) is 9.93. The van der Waals surface area contributed by atoms with Crippen LogP contribution < -0.4 is 14.8 Å². The van der Waals surface area contributed by atoms with Gasteiger partial charge in [0.25, 0.3) is 0 Å². The first kappa shape index (κ1) is 27.1. The van der Waals surface area contributed by atoms with Crippen LogP contribution in [0.2, 0.25) is 0 Å². The number of benzene rings is 2. The molecule has 2 heterocycles. The van der Waals surface area contributed by atoms with Crippen molar-refractivity contribution < 1.29 is 19.0 Å². The van der Waals surface area contributed by atoms with Crippen LogP contribution in [0.3, 0.4) is 0 Å². The van der Waals surface area contributed by atoms with E-state index in [1.54, 1.807) is 24.8 Å². The van der Waals surface area contributed by atoms with Crippen LogP contribution in [0.1, 0.15) is 58.6 Å². The highest BCUT2D eigenvalue weighted by Crippen LogP contribution is 2.34. The van der Waals surface area contributed by atoms with Gasteiger partial charge < -0.3 is 19.5 Å². The molecule has 10 heteroatoms. The Morgan fingerprint density at radius 3 is 1.95 bits per heavy atom. The molecule has 0 aliphatic heterocycles. The van der Waals surface area contributed by atoms with Crippen molar-refractivity contribution >= 4 is 6.09 Å². The number of aromatic nitrogens is 5. The summed E-state index contributed by atoms with van der Waals surface area (Å²) in [5.41, 5.74) is 2.22. The maximum Gasteiger partial charge on any atom is 0.407 e. The van der Waals surface area contributed by atoms with Crippen LogP contribution in [0.4, 0.5) is 4.79 Å². The average molecular weight is 543 g/mol. The van der Waals surface area contributed by atoms with Crippen LogP contribution in [0.5, 0.6) is 17.5 Å². The number of carbonyl (C=O) groups is 1. The van der Waals surface area contributed by atoms with E-state index in [0.717, 1.165) is 29.7 Å². The molecule has 0 radical (unpaired) electrons. The highest BCUT2D eigenvalue weighted by molar-refractivity contribution is 5.68. The lowest BCUT2D eigenvalue weighted by molar-refractivity contribution is 0.0363. The van der Waals surface area contributed by atoms with Crippen molar-refractivity contribution in [3.63, 3.8) is 0 Å². The summed E-state index contributed by atoms with van der Waals surface area (Å²) >= 11 is 0. The van der Waals surface area contributed by atoms with Gasteiger partial charge in [0.15, 0.2) is 0 Å². The molecule has 0 spiro atoms. The summed E-state index contributed by atoms with van der Waals surface area (Å²) in [6.07, 6.45) is 7.62. The third-order valence-corrected chi connectivity index (χ3v) is 6.74. The van der Waals surface area contributed by atoms with E-state index in [0.29, 0.717) is 11.4 Å². The van der Waals surface area contributed by atoms with Gasteiger partial charge >= 0.3 is 12.1 Å². The van der Waals surface area contributed by atoms with Crippen LogP contribution in [0.15, 0.2) is 73.3 Å². The van der Waals surface area contributed by atoms with Crippen LogP contribution in [-0.2, 0) is 10.2 Å². The summed E-state index contributed by atoms with van der Waals surface area (Å²) in [4.78, 5) is 21.9. The predicted octanol–water partition coefficient (Wildman–Crippen LogP) is 5.61. The van der Waals surface area contributed by atoms with Gasteiger partial charge in [-0.3, -0.25) is 0 Å². The molecule has 40 heavy (non-hydrogen) atoms. The second-order valence-corrected chi connectivity index (χ2v) is 11.4. The molecular formula is C30H34N6O4. The molecule has 1 amide bonds. The van der Waals surface area contributed by atoms with Crippen LogP contribution in [0.25, 0.3) is 5.69 Å². The summed E-state index contributed by atoms with van der Waals surface area (Å²) in [5.74, 6) is 1.46. The monoisotopic (exact) mass is 542 g/mol. The SMILES string of the molecule is CC(C)(C)OC(=O)NC1CC(Oc2ccc(C(C)(C)c3ccc(Oc4ncc(-n5nccn5)cn4)cc3)cc2)C1. The first-order valence-electron chi connectivity index (χ1n) is 13.3. The molecule has 1 saturated carbocycles. The van der Waals surface area contributed by atoms with E-state index in [1.165, 1.54) is 4.80 Å². The molecule has 2 aromatic heterocycles. The summed E-state index contributed by atoms with van der Waals surface area (Å²) in [6, 6.07) is 16.5. The van der Waals surface area contributed by atoms with Gasteiger partial charge in [-0.15, -0.1) is 4.80 Å². The molecular weight excluding hydrogens is 508 g/mol. The van der Waals surface area contributed by atoms with E-state index in [2.05, 4.69) is 51.5 Å². The average Bonchev–Trinajstić information content (AvgIpc) is 3.43. The highest BCUT2D eigenvalue weighted by Gasteiger charge is 2.33. The molecule has 1 aliphatic carbocycles. The maximum atomic E-state index is 11.9. The molecule has 0 bridgehead atoms. The maximum absolute atomic E-state index is 11.9. The summed E-state index contributed by atoms with van der Waals surface area (Å²) < 4.78 is 17.3. The van der Waals surface area contributed by atoms with Crippen molar-refractivity contribution in [1.29, 1.82) is 0 Å². The van der Waals surface area contributed by atoms with Crippen molar-refractivity contribution in [1.82, 2.24) is 30.3 Å². The topological polar surface area (TPSA) is 113 Å². The predicted molar refractivity (Wildman–Crippen MR) is 149 cm³/mol. The number of ether oxygens (including phenoxy) is 3. The molecule has 0 atom stereocenters. The van der Waals surface area contributed by atoms with Gasteiger partial charge in [0.2, 0.25) is 0 Å². The minimum atomic E-state index is -0.503. The molecule has 4 aromatic rings. The van der Waals surface area contributed by atoms with Crippen molar-refractivity contribution in [2.24, 2.45) is 0 Å². The standard InChI is InChI=1S/C30H34N6O4/c1-29(2,3)40-28(37)35-22-16-26(17-22)38-24-10-6-20(7-11-24)30(4,5)21-8-12-25(13-9-21)39-27-31-18-23(19-32-27)36-33-14-15-34-36/h6-15,18-19,22,26H,16-17H2,1-5H3,(H,35,37). The first-order chi connectivity index (χ1) is 19.0. The van der Waals surface area contributed by atoms with Crippen molar-refractivity contribution in [3.05, 3.63) is 84.4 Å². The van der Waals surface area contributed by atoms with Gasteiger partial charge in [-0.05, 0) is 56.2 Å². The number of nitrogens with zero attached hydrogens (tertiary/aromatic N) is 5. The molecule has 208 valence electrons. The summed E-state index contributed by atoms with van der Waals surface area (Å²) in [5, 5.41) is 11.0. The Hall–Kier alpha value is -4.47. The third kappa shape index (κ3) is 6.56. The minimum absolute atomic E-state index is 0.0775. The fourth-order valence-electron chi connectivity index (χ4n) is 4.42. The van der Waals surface area contributed by atoms with Gasteiger partial charge in [0.1, 0.15) is 28.9 Å². The van der Waals surface area contributed by atoms with E-state index in [1.807, 2.05) is 57.2 Å². The molecule has 0 saturated heterocycles. The number of carbonyl (C=O) groups excluding carboxylic acids is 1. The van der Waals surface area contributed by atoms with Crippen molar-refractivity contribution in [2.75, 3.05) is 0 Å². The molecule has 10 nitrogen and oxygen atoms in total. The second kappa shape index (κ2) is 11.0. The zero-order valence-corrected chi connectivity index (χ0v) is 23.4. The van der Waals surface area contributed by atoms with Crippen LogP contribution in [-0.4, -0.2) is 48.8 Å². The molecule has 1 fully saturated rings. The Morgan fingerprint density at radius 1 is 0.850 bits per heavy atom. The van der Waals surface area contributed by atoms with Gasteiger partial charge in [0, 0.05) is 24.3 Å². The smallest absolute Gasteiger partial charge is 0.407 e. The Labute approximate surface area is 233 Å². The quantitative estimate of drug-likeness (QED) is 0.306. The Morgan fingerprint density at radius 2 is 1.40 bits per heavy atom. The number of hydrogen-bond acceptors (Lipinski definition) is 8. The van der Waals surface area contributed by atoms with Gasteiger partial charge in [-0.2, -0.15) is 10.2 Å². The lowest BCUT2D eigenvalue weighted by Crippen LogP contribution is -2.50. The fourth-order valence-corrected chi connectivity index (χ4v) is 4.42. The zero-order valence-electron chi connectivity index (χ0n) is 23.4. The van der Waals surface area contributed by atoms with Crippen LogP contribution in [0, 0.1) is 0 Å². The Kier molecular flexibility index (Phi) is 7.42. The molecule has 2 aromatic carbocycles. The van der Waals surface area contributed by atoms with E-state index in [-0.39, 0.29) is 29.7 Å². The van der Waals surface area contributed by atoms with E-state index in [4.69, 9.17) is 14.2 Å². The zero-order chi connectivity index (χ0) is 28.3. The molecule has 5 rings (SSSR count). The number of rotatable bonds is 8. The fraction of sp³-hybridized carbons (Fsp3) is 0.367. The first-order valence-corrected chi connectivity index (χ1v) is 13.3. The van der Waals surface area contributed by atoms with Gasteiger partial charge in [0.05, 0.1) is 24.8 Å². The highest BCUT2D eigenvalue weighted by atomic mass is 16.6. The van der Waals surface area contributed by atoms with Gasteiger partial charge in [-0.1, -0.05) is 38.1 Å². The van der Waals surface area contributed by atoms with E-state index in [9.17, 15) is 4.79 Å². The molecule has 1 aliphatic rings. The van der Waals surface area contributed by atoms with E-state index >= 15 is 0 Å². The molecule has 1 N–H and O–H groups in total. The van der Waals surface area contributed by atoms with Gasteiger partial charge in [-0.25, -0.2) is 14.8 Å². The summed E-state index contributed by atoms with van der Waals surface area (Å²) in [7, 11) is 0. The number of alkyl carbamates (subject to hydrolysis) is 1. The Bertz CT molecular complexity index is 1410. The number of hydrogen-bond donors (Lipinski definition) is 1. The lowest BCUT2D eigenvalue weighted by atomic mass is 9.78. The van der Waals surface area contributed by atoms with Crippen molar-refractivity contribution in [3.8, 4) is 23.2 Å². The number of nitrogens with one attached hydrogen (secondary N) is 1. The number of amides is 1. The third-order valence-electron chi connectivity index (χ3n) is 6.74. The molecule has 0 unspecified atom stereocenters. The Balaban J connectivity index is 1.13. The van der Waals surface area contributed by atoms with Crippen LogP contribution >= 0.6 is 0 Å². The lowest BCUT2D eigenvalue weighted by Gasteiger charge is -2.36. The van der Waals surface area contributed by atoms with E-state index < -0.39 is 5.60 Å². The largest absolute Gasteiger partial charge is 0.490 e. The normalized spacial score (nSPS) is 17.0. The minimum Gasteiger partial charge on any atom is -0.490 e. The van der Waals surface area contributed by atoms with Crippen molar-refractivity contribution in [2.45, 2.75) is 70.6 Å². The second-order valence-electron chi connectivity index (χ2n) is 11.4.